The number of anilines is 1. The van der Waals surface area contributed by atoms with Gasteiger partial charge in [0.05, 0.1) is 30.3 Å². The smallest absolute Gasteiger partial charge is 0.183 e. The fourth-order valence-corrected chi connectivity index (χ4v) is 5.62. The van der Waals surface area contributed by atoms with Crippen molar-refractivity contribution in [3.05, 3.63) is 35.8 Å². The van der Waals surface area contributed by atoms with Crippen molar-refractivity contribution >= 4 is 23.6 Å². The summed E-state index contributed by atoms with van der Waals surface area (Å²) >= 11 is 0. The Kier molecular flexibility index (Phi) is 10.0. The van der Waals surface area contributed by atoms with Gasteiger partial charge in [-0.15, -0.1) is 0 Å². The maximum Gasteiger partial charge on any atom is 0.183 e. The number of aromatic nitrogens is 4. The second-order valence-corrected chi connectivity index (χ2v) is 9.79. The molecule has 3 heterocycles. The summed E-state index contributed by atoms with van der Waals surface area (Å²) < 4.78 is 30.9. The van der Waals surface area contributed by atoms with Crippen molar-refractivity contribution < 1.29 is 23.8 Å². The first-order valence-electron chi connectivity index (χ1n) is 12.8. The number of hydrogen-bond donors (Lipinski definition) is 3. The number of nitrogens with one attached hydrogen (secondary N) is 1. The van der Waals surface area contributed by atoms with Gasteiger partial charge in [0, 0.05) is 25.1 Å². The van der Waals surface area contributed by atoms with Crippen LogP contribution in [-0.2, 0) is 17.9 Å². The molecule has 8 nitrogen and oxygen atoms in total. The van der Waals surface area contributed by atoms with E-state index >= 15 is 0 Å². The molecule has 3 aliphatic rings. The lowest BCUT2D eigenvalue weighted by Gasteiger charge is -2.42. The third-order valence-corrected chi connectivity index (χ3v) is 7.65. The van der Waals surface area contributed by atoms with Gasteiger partial charge >= 0.3 is 0 Å². The van der Waals surface area contributed by atoms with Crippen LogP contribution in [0.1, 0.15) is 58.1 Å². The van der Waals surface area contributed by atoms with E-state index in [0.717, 1.165) is 26.1 Å². The molecule has 0 aliphatic heterocycles. The summed E-state index contributed by atoms with van der Waals surface area (Å²) in [6, 6.07) is 1.60. The number of fused-ring (bicyclic) bond motifs is 4. The summed E-state index contributed by atoms with van der Waals surface area (Å²) in [7, 11) is 1.00. The number of pyridine rings is 1. The van der Waals surface area contributed by atoms with E-state index in [0.29, 0.717) is 46.6 Å². The average Bonchev–Trinajstić information content (AvgIpc) is 3.24. The molecule has 202 valence electrons. The Morgan fingerprint density at radius 2 is 1.86 bits per heavy atom. The van der Waals surface area contributed by atoms with E-state index in [9.17, 15) is 13.9 Å². The zero-order valence-corrected chi connectivity index (χ0v) is 21.8. The molecule has 3 saturated carbocycles. The molecule has 0 radical (unpaired) electrons. The van der Waals surface area contributed by atoms with E-state index in [1.54, 1.807) is 0 Å². The molecule has 6 rings (SSSR count). The highest BCUT2D eigenvalue weighted by Crippen LogP contribution is 2.42. The second-order valence-electron chi connectivity index (χ2n) is 9.79. The predicted octanol–water partition coefficient (Wildman–Crippen LogP) is 4.72. The van der Waals surface area contributed by atoms with Gasteiger partial charge < -0.3 is 24.9 Å². The summed E-state index contributed by atoms with van der Waals surface area (Å²) in [5.41, 5.74) is 1.65. The van der Waals surface area contributed by atoms with E-state index in [-0.39, 0.29) is 24.3 Å². The molecule has 37 heavy (non-hydrogen) atoms. The number of halogens is 2. The normalized spacial score (nSPS) is 21.0. The third-order valence-electron chi connectivity index (χ3n) is 7.65. The van der Waals surface area contributed by atoms with Crippen LogP contribution in [0.15, 0.2) is 18.5 Å². The van der Waals surface area contributed by atoms with Crippen molar-refractivity contribution in [1.82, 2.24) is 19.5 Å². The van der Waals surface area contributed by atoms with Crippen LogP contribution in [0.3, 0.4) is 0 Å². The molecule has 0 saturated heterocycles. The molecule has 2 bridgehead atoms. The zero-order chi connectivity index (χ0) is 27.1. The highest BCUT2D eigenvalue weighted by atomic mass is 19.1. The minimum absolute atomic E-state index is 0.175. The lowest BCUT2D eigenvalue weighted by atomic mass is 9.68. The van der Waals surface area contributed by atoms with Crippen LogP contribution in [-0.4, -0.2) is 49.7 Å². The van der Waals surface area contributed by atoms with E-state index in [2.05, 4.69) is 34.1 Å². The van der Waals surface area contributed by atoms with Gasteiger partial charge in [-0.1, -0.05) is 33.1 Å². The van der Waals surface area contributed by atoms with Gasteiger partial charge in [0.15, 0.2) is 17.5 Å². The molecule has 0 aromatic carbocycles. The summed E-state index contributed by atoms with van der Waals surface area (Å²) in [6.45, 7) is 6.56. The summed E-state index contributed by atoms with van der Waals surface area (Å²) in [6.07, 6.45) is 9.19. The highest BCUT2D eigenvalue weighted by Gasteiger charge is 2.36. The number of carbonyl (C=O) groups excluding carboxylic acids is 1. The van der Waals surface area contributed by atoms with E-state index in [1.807, 2.05) is 11.4 Å². The monoisotopic (exact) mass is 517 g/mol. The van der Waals surface area contributed by atoms with Crippen LogP contribution >= 0.6 is 0 Å². The van der Waals surface area contributed by atoms with Crippen LogP contribution in [0.2, 0.25) is 0 Å². The van der Waals surface area contributed by atoms with Crippen molar-refractivity contribution in [2.75, 3.05) is 12.4 Å². The molecule has 3 aliphatic carbocycles. The maximum atomic E-state index is 14.8. The van der Waals surface area contributed by atoms with Crippen LogP contribution in [0, 0.1) is 29.4 Å². The first-order valence-corrected chi connectivity index (χ1v) is 12.8. The van der Waals surface area contributed by atoms with Crippen molar-refractivity contribution in [2.45, 2.75) is 71.6 Å². The Hall–Kier alpha value is -2.98. The average molecular weight is 518 g/mol. The minimum Gasteiger partial charge on any atom is -0.400 e. The van der Waals surface area contributed by atoms with Crippen LogP contribution in [0.25, 0.3) is 22.4 Å². The number of aliphatic hydroxyl groups excluding tert-OH is 2. The van der Waals surface area contributed by atoms with Gasteiger partial charge in [-0.25, -0.2) is 23.7 Å². The van der Waals surface area contributed by atoms with Crippen LogP contribution in [0.4, 0.5) is 14.6 Å². The first kappa shape index (κ1) is 28.6. The molecule has 0 spiro atoms. The Balaban J connectivity index is 0.000000907. The molecule has 2 unspecified atom stereocenters. The quantitative estimate of drug-likeness (QED) is 0.415. The number of nitrogens with zero attached hydrogens (tertiary/aromatic N) is 4. The molecule has 10 heteroatoms. The lowest BCUT2D eigenvalue weighted by molar-refractivity contribution is -0.0980. The van der Waals surface area contributed by atoms with Gasteiger partial charge in [-0.3, -0.25) is 0 Å². The molecule has 3 fully saturated rings. The van der Waals surface area contributed by atoms with Gasteiger partial charge in [-0.05, 0) is 43.1 Å². The molecule has 0 amide bonds. The molecule has 3 aromatic heterocycles. The van der Waals surface area contributed by atoms with Crippen molar-refractivity contribution in [3.63, 3.8) is 0 Å². The lowest BCUT2D eigenvalue weighted by Crippen LogP contribution is -2.40. The predicted molar refractivity (Wildman–Crippen MR) is 139 cm³/mol. The maximum absolute atomic E-state index is 14.8. The molecular weight excluding hydrogens is 480 g/mol. The Labute approximate surface area is 216 Å². The standard InChI is InChI=1S/C25H31F2N5O.CH4O.CH2O/c1-3-14(2)12-32-21(13-33)22(18-9-17(26)10-29-25(18)32)24-28-11-19(27)23(31-24)30-20-8-15-4-6-16(20)7-5-15;2*1-2/h9-11,14-16,20,33H,3-8,12-13H2,1-2H3,(H,28,30,31);2H,1H3;1H2. The summed E-state index contributed by atoms with van der Waals surface area (Å²) in [4.78, 5) is 21.1. The number of hydrogen-bond acceptors (Lipinski definition) is 7. The fraction of sp³-hybridized carbons (Fsp3) is 0.556. The summed E-state index contributed by atoms with van der Waals surface area (Å²) in [5, 5.41) is 21.2. The van der Waals surface area contributed by atoms with Crippen molar-refractivity contribution in [2.24, 2.45) is 17.8 Å². The molecule has 2 atom stereocenters. The largest absolute Gasteiger partial charge is 0.400 e. The summed E-state index contributed by atoms with van der Waals surface area (Å²) in [5.74, 6) is 1.03. The minimum atomic E-state index is -0.501. The van der Waals surface area contributed by atoms with E-state index in [4.69, 9.17) is 9.90 Å². The zero-order valence-electron chi connectivity index (χ0n) is 21.8. The van der Waals surface area contributed by atoms with E-state index in [1.165, 1.54) is 37.9 Å². The number of carbonyl (C=O) groups is 1. The molecular formula is C27H37F2N5O3. The molecule has 3 N–H and O–H groups in total. The van der Waals surface area contributed by atoms with E-state index < -0.39 is 11.6 Å². The van der Waals surface area contributed by atoms with Gasteiger partial charge in [-0.2, -0.15) is 0 Å². The Morgan fingerprint density at radius 3 is 2.46 bits per heavy atom. The SMILES string of the molecule is C=O.CCC(C)Cn1c(CO)c(-c2ncc(F)c(NC3CC4CCC3CC4)n2)c2cc(F)cnc21.CO. The second kappa shape index (κ2) is 13.0. The van der Waals surface area contributed by atoms with Crippen LogP contribution < -0.4 is 5.32 Å². The van der Waals surface area contributed by atoms with Gasteiger partial charge in [0.25, 0.3) is 0 Å². The molecule has 3 aromatic rings. The highest BCUT2D eigenvalue weighted by molar-refractivity contribution is 5.94. The number of rotatable bonds is 7. The third kappa shape index (κ3) is 5.96. The Bertz CT molecular complexity index is 1180. The number of aliphatic hydroxyl groups is 2. The fourth-order valence-electron chi connectivity index (χ4n) is 5.62. The van der Waals surface area contributed by atoms with Crippen molar-refractivity contribution in [3.8, 4) is 11.4 Å². The van der Waals surface area contributed by atoms with Gasteiger partial charge in [0.1, 0.15) is 18.3 Å². The topological polar surface area (TPSA) is 113 Å². The van der Waals surface area contributed by atoms with Crippen molar-refractivity contribution in [1.29, 1.82) is 0 Å². The van der Waals surface area contributed by atoms with Gasteiger partial charge in [0.2, 0.25) is 0 Å². The Morgan fingerprint density at radius 1 is 1.16 bits per heavy atom. The first-order chi connectivity index (χ1) is 18.0. The van der Waals surface area contributed by atoms with Crippen LogP contribution in [0.5, 0.6) is 0 Å².